The van der Waals surface area contributed by atoms with Crippen LogP contribution in [0.3, 0.4) is 0 Å². The van der Waals surface area contributed by atoms with E-state index in [0.717, 1.165) is 11.1 Å². The van der Waals surface area contributed by atoms with Gasteiger partial charge in [-0.25, -0.2) is 13.2 Å². The number of amides is 1. The van der Waals surface area contributed by atoms with Crippen LogP contribution in [0, 0.1) is 11.3 Å². The number of aromatic carboxylic acids is 1. The van der Waals surface area contributed by atoms with Gasteiger partial charge in [-0.2, -0.15) is 9.98 Å². The summed E-state index contributed by atoms with van der Waals surface area (Å²) in [5.74, 6) is -1.47. The first-order valence-corrected chi connectivity index (χ1v) is 13.5. The van der Waals surface area contributed by atoms with Crippen molar-refractivity contribution < 1.29 is 23.1 Å². The van der Waals surface area contributed by atoms with Gasteiger partial charge in [0.2, 0.25) is 15.9 Å². The third-order valence-corrected chi connectivity index (χ3v) is 8.35. The molecule has 1 aliphatic heterocycles. The second-order valence-electron chi connectivity index (χ2n) is 9.15. The van der Waals surface area contributed by atoms with Crippen LogP contribution in [0.5, 0.6) is 0 Å². The highest BCUT2D eigenvalue weighted by Gasteiger charge is 2.32. The number of aromatic amines is 1. The maximum absolute atomic E-state index is 13.8. The molecule has 4 aromatic rings. The van der Waals surface area contributed by atoms with E-state index >= 15 is 0 Å². The minimum Gasteiger partial charge on any atom is -0.478 e. The summed E-state index contributed by atoms with van der Waals surface area (Å²) in [6, 6.07) is 15.8. The fourth-order valence-corrected chi connectivity index (χ4v) is 6.30. The Morgan fingerprint density at radius 1 is 1.13 bits per heavy atom. The van der Waals surface area contributed by atoms with Crippen LogP contribution in [-0.4, -0.2) is 52.4 Å². The van der Waals surface area contributed by atoms with Crippen molar-refractivity contribution in [1.82, 2.24) is 19.2 Å². The van der Waals surface area contributed by atoms with E-state index < -0.39 is 27.9 Å². The van der Waals surface area contributed by atoms with Crippen molar-refractivity contribution in [2.45, 2.75) is 36.9 Å². The first-order chi connectivity index (χ1) is 18.3. The van der Waals surface area contributed by atoms with Gasteiger partial charge in [0.1, 0.15) is 17.8 Å². The van der Waals surface area contributed by atoms with Crippen LogP contribution >= 0.6 is 0 Å². The molecule has 10 nitrogen and oxygen atoms in total. The lowest BCUT2D eigenvalue weighted by atomic mass is 9.96. The molecule has 2 aromatic carbocycles. The van der Waals surface area contributed by atoms with Crippen molar-refractivity contribution >= 4 is 32.8 Å². The fourth-order valence-electron chi connectivity index (χ4n) is 4.85. The fraction of sp³-hybridized carbons (Fsp3) is 0.222. The third kappa shape index (κ3) is 4.91. The summed E-state index contributed by atoms with van der Waals surface area (Å²) in [6.07, 6.45) is 4.00. The summed E-state index contributed by atoms with van der Waals surface area (Å²) < 4.78 is 31.3. The SMILES string of the molecule is N#Cc1cccn1CCC(NS(=O)(=O)c1cccc2[nH]ccc12)C(=O)N1CCc2ccc(C(=O)O)cc2C1. The molecular weight excluding hydrogens is 506 g/mol. The summed E-state index contributed by atoms with van der Waals surface area (Å²) in [5, 5.41) is 19.2. The number of benzene rings is 2. The number of aryl methyl sites for hydroxylation is 1. The van der Waals surface area contributed by atoms with Crippen molar-refractivity contribution in [2.24, 2.45) is 0 Å². The van der Waals surface area contributed by atoms with Gasteiger partial charge in [0.05, 0.1) is 10.5 Å². The molecule has 11 heteroatoms. The van der Waals surface area contributed by atoms with E-state index in [1.807, 2.05) is 0 Å². The number of hydrogen-bond acceptors (Lipinski definition) is 5. The molecule has 3 heterocycles. The van der Waals surface area contributed by atoms with Gasteiger partial charge in [0, 0.05) is 42.9 Å². The lowest BCUT2D eigenvalue weighted by Crippen LogP contribution is -2.50. The summed E-state index contributed by atoms with van der Waals surface area (Å²) in [6.45, 7) is 0.793. The van der Waals surface area contributed by atoms with Gasteiger partial charge < -0.3 is 19.6 Å². The van der Waals surface area contributed by atoms with E-state index in [1.54, 1.807) is 70.4 Å². The number of carboxylic acids is 1. The summed E-state index contributed by atoms with van der Waals surface area (Å²) in [7, 11) is -4.09. The Kier molecular flexibility index (Phi) is 6.75. The second-order valence-corrected chi connectivity index (χ2v) is 10.8. The molecule has 38 heavy (non-hydrogen) atoms. The molecule has 0 spiro atoms. The Bertz CT molecular complexity index is 1680. The number of rotatable bonds is 8. The van der Waals surface area contributed by atoms with Gasteiger partial charge in [-0.05, 0) is 66.4 Å². The second kappa shape index (κ2) is 10.2. The molecular formula is C27H25N5O5S. The number of carboxylic acid groups (broad SMARTS) is 1. The predicted octanol–water partition coefficient (Wildman–Crippen LogP) is 2.86. The van der Waals surface area contributed by atoms with E-state index in [-0.39, 0.29) is 30.0 Å². The lowest BCUT2D eigenvalue weighted by Gasteiger charge is -2.32. The maximum Gasteiger partial charge on any atom is 0.335 e. The normalized spacial score (nSPS) is 14.1. The van der Waals surface area contributed by atoms with Gasteiger partial charge in [-0.3, -0.25) is 4.79 Å². The molecule has 1 aliphatic rings. The quantitative estimate of drug-likeness (QED) is 0.318. The van der Waals surface area contributed by atoms with E-state index in [4.69, 9.17) is 0 Å². The number of carbonyl (C=O) groups is 2. The Hall–Kier alpha value is -4.40. The molecule has 2 aromatic heterocycles. The average Bonchev–Trinajstić information content (AvgIpc) is 3.59. The molecule has 3 N–H and O–H groups in total. The number of sulfonamides is 1. The number of nitrogens with one attached hydrogen (secondary N) is 2. The molecule has 0 radical (unpaired) electrons. The van der Waals surface area contributed by atoms with E-state index in [9.17, 15) is 28.4 Å². The smallest absolute Gasteiger partial charge is 0.335 e. The van der Waals surface area contributed by atoms with Gasteiger partial charge in [-0.1, -0.05) is 12.1 Å². The molecule has 0 saturated carbocycles. The molecule has 0 aliphatic carbocycles. The average molecular weight is 532 g/mol. The highest BCUT2D eigenvalue weighted by molar-refractivity contribution is 7.89. The highest BCUT2D eigenvalue weighted by atomic mass is 32.2. The molecule has 1 unspecified atom stereocenters. The lowest BCUT2D eigenvalue weighted by molar-refractivity contribution is -0.134. The van der Waals surface area contributed by atoms with E-state index in [1.165, 1.54) is 6.07 Å². The first-order valence-electron chi connectivity index (χ1n) is 12.0. The Balaban J connectivity index is 1.44. The zero-order chi connectivity index (χ0) is 26.9. The minimum atomic E-state index is -4.09. The van der Waals surface area contributed by atoms with Gasteiger partial charge in [-0.15, -0.1) is 0 Å². The van der Waals surface area contributed by atoms with Crippen molar-refractivity contribution in [3.05, 3.63) is 89.4 Å². The Morgan fingerprint density at radius 3 is 2.76 bits per heavy atom. The zero-order valence-corrected chi connectivity index (χ0v) is 21.1. The van der Waals surface area contributed by atoms with E-state index in [0.29, 0.717) is 29.6 Å². The number of fused-ring (bicyclic) bond motifs is 2. The molecule has 1 atom stereocenters. The van der Waals surface area contributed by atoms with Crippen LogP contribution in [0.25, 0.3) is 10.9 Å². The topological polar surface area (TPSA) is 148 Å². The predicted molar refractivity (Wildman–Crippen MR) is 139 cm³/mol. The summed E-state index contributed by atoms with van der Waals surface area (Å²) in [4.78, 5) is 29.8. The Labute approximate surface area is 219 Å². The molecule has 5 rings (SSSR count). The van der Waals surface area contributed by atoms with Crippen LogP contribution in [0.15, 0.2) is 71.9 Å². The molecule has 0 fully saturated rings. The summed E-state index contributed by atoms with van der Waals surface area (Å²) in [5.41, 5.74) is 2.88. The Morgan fingerprint density at radius 2 is 1.97 bits per heavy atom. The zero-order valence-electron chi connectivity index (χ0n) is 20.3. The maximum atomic E-state index is 13.8. The number of carbonyl (C=O) groups excluding carboxylic acids is 1. The summed E-state index contributed by atoms with van der Waals surface area (Å²) >= 11 is 0. The van der Waals surface area contributed by atoms with E-state index in [2.05, 4.69) is 15.8 Å². The number of H-pyrrole nitrogens is 1. The minimum absolute atomic E-state index is 0.0582. The highest BCUT2D eigenvalue weighted by Crippen LogP contribution is 2.25. The number of nitrogens with zero attached hydrogens (tertiary/aromatic N) is 3. The molecule has 0 saturated heterocycles. The van der Waals surface area contributed by atoms with Crippen LogP contribution in [0.1, 0.15) is 33.6 Å². The molecule has 194 valence electrons. The van der Waals surface area contributed by atoms with Crippen molar-refractivity contribution in [3.8, 4) is 6.07 Å². The number of aromatic nitrogens is 2. The van der Waals surface area contributed by atoms with Crippen molar-refractivity contribution in [1.29, 1.82) is 5.26 Å². The van der Waals surface area contributed by atoms with Gasteiger partial charge in [0.15, 0.2) is 0 Å². The van der Waals surface area contributed by atoms with Crippen LogP contribution in [0.4, 0.5) is 0 Å². The van der Waals surface area contributed by atoms with Crippen molar-refractivity contribution in [2.75, 3.05) is 6.54 Å². The molecule has 0 bridgehead atoms. The first kappa shape index (κ1) is 25.3. The largest absolute Gasteiger partial charge is 0.478 e. The van der Waals surface area contributed by atoms with Crippen LogP contribution in [-0.2, 0) is 34.3 Å². The third-order valence-electron chi connectivity index (χ3n) is 6.82. The van der Waals surface area contributed by atoms with Gasteiger partial charge in [0.25, 0.3) is 0 Å². The van der Waals surface area contributed by atoms with Crippen LogP contribution in [0.2, 0.25) is 0 Å². The number of hydrogen-bond donors (Lipinski definition) is 3. The standard InChI is InChI=1S/C27H25N5O5S/c28-16-21-3-2-12-31(21)14-10-24(30-38(36,37)25-5-1-4-23-22(25)8-11-29-23)26(33)32-13-9-18-6-7-19(27(34)35)15-20(18)17-32/h1-8,11-12,15,24,29-30H,9-10,13-14,17H2,(H,34,35). The van der Waals surface area contributed by atoms with Crippen molar-refractivity contribution in [3.63, 3.8) is 0 Å². The molecule has 1 amide bonds. The van der Waals surface area contributed by atoms with Gasteiger partial charge >= 0.3 is 5.97 Å². The van der Waals surface area contributed by atoms with Crippen LogP contribution < -0.4 is 4.72 Å². The monoisotopic (exact) mass is 531 g/mol. The number of nitriles is 1.